The molecule has 0 atom stereocenters. The van der Waals surface area contributed by atoms with Gasteiger partial charge in [0.2, 0.25) is 0 Å². The Morgan fingerprint density at radius 1 is 0.458 bits per heavy atom. The quantitative estimate of drug-likeness (QED) is 0.0786. The zero-order valence-corrected chi connectivity index (χ0v) is 26.6. The second-order valence-corrected chi connectivity index (χ2v) is 9.57. The van der Waals surface area contributed by atoms with Crippen LogP contribution >= 0.6 is 0 Å². The molecule has 0 aliphatic carbocycles. The molecule has 2 N–H and O–H groups in total. The zero-order chi connectivity index (χ0) is 34.4. The summed E-state index contributed by atoms with van der Waals surface area (Å²) in [4.78, 5) is 22.2. The van der Waals surface area contributed by atoms with Crippen LogP contribution in [0, 0.1) is 0 Å². The van der Waals surface area contributed by atoms with E-state index in [4.69, 9.17) is 38.6 Å². The number of esters is 2. The number of benzene rings is 4. The van der Waals surface area contributed by atoms with Crippen LogP contribution in [0.25, 0.3) is 22.3 Å². The van der Waals surface area contributed by atoms with Crippen LogP contribution in [0.1, 0.15) is 0 Å². The van der Waals surface area contributed by atoms with Gasteiger partial charge in [0, 0.05) is 34.4 Å². The summed E-state index contributed by atoms with van der Waals surface area (Å²) >= 11 is 0. The second-order valence-electron chi connectivity index (χ2n) is 9.57. The molecule has 0 saturated heterocycles. The van der Waals surface area contributed by atoms with Crippen LogP contribution in [-0.4, -0.2) is 75.0 Å². The summed E-state index contributed by atoms with van der Waals surface area (Å²) in [6, 6.07) is 30.2. The zero-order valence-electron chi connectivity index (χ0n) is 26.6. The minimum atomic E-state index is -0.493. The van der Waals surface area contributed by atoms with Gasteiger partial charge in [-0.25, -0.2) is 9.59 Å². The minimum Gasteiger partial charge on any atom is -0.491 e. The highest BCUT2D eigenvalue weighted by Gasteiger charge is 2.13. The molecule has 252 valence electrons. The van der Waals surface area contributed by atoms with E-state index in [2.05, 4.69) is 13.2 Å². The Morgan fingerprint density at radius 3 is 1.00 bits per heavy atom. The van der Waals surface area contributed by atoms with E-state index in [1.165, 1.54) is 0 Å². The SMILES string of the molecule is C=CC(=O)OCCOc1ccccc1-c1ccccc1OCCOC(=O)C=C.OCCOc1ccccc1-c1ccccc1OCCO. The van der Waals surface area contributed by atoms with Crippen molar-refractivity contribution in [1.82, 2.24) is 0 Å². The summed E-state index contributed by atoms with van der Waals surface area (Å²) in [5, 5.41) is 17.8. The molecule has 0 bridgehead atoms. The Hall–Kier alpha value is -5.58. The normalized spacial score (nSPS) is 10.0. The predicted molar refractivity (Wildman–Crippen MR) is 182 cm³/mol. The molecule has 0 spiro atoms. The summed E-state index contributed by atoms with van der Waals surface area (Å²) in [5.41, 5.74) is 3.46. The lowest BCUT2D eigenvalue weighted by molar-refractivity contribution is -0.139. The fraction of sp³-hybridized carbons (Fsp3) is 0.211. The number of rotatable bonds is 18. The van der Waals surface area contributed by atoms with Gasteiger partial charge in [-0.1, -0.05) is 86.0 Å². The van der Waals surface area contributed by atoms with Crippen LogP contribution in [0.3, 0.4) is 0 Å². The Bertz CT molecular complexity index is 1480. The van der Waals surface area contributed by atoms with Crippen LogP contribution in [0.2, 0.25) is 0 Å². The average Bonchev–Trinajstić information content (AvgIpc) is 3.14. The van der Waals surface area contributed by atoms with Crippen LogP contribution in [0.4, 0.5) is 0 Å². The van der Waals surface area contributed by atoms with Crippen molar-refractivity contribution in [3.63, 3.8) is 0 Å². The maximum Gasteiger partial charge on any atom is 0.330 e. The van der Waals surface area contributed by atoms with Gasteiger partial charge in [-0.05, 0) is 24.3 Å². The number of hydrogen-bond acceptors (Lipinski definition) is 10. The van der Waals surface area contributed by atoms with Gasteiger partial charge in [0.05, 0.1) is 13.2 Å². The van der Waals surface area contributed by atoms with E-state index in [-0.39, 0.29) is 52.9 Å². The fourth-order valence-corrected chi connectivity index (χ4v) is 4.28. The Morgan fingerprint density at radius 2 is 0.729 bits per heavy atom. The third-order valence-corrected chi connectivity index (χ3v) is 6.33. The van der Waals surface area contributed by atoms with E-state index in [1.807, 2.05) is 97.1 Å². The third-order valence-electron chi connectivity index (χ3n) is 6.33. The van der Waals surface area contributed by atoms with Crippen molar-refractivity contribution in [2.75, 3.05) is 52.9 Å². The van der Waals surface area contributed by atoms with Crippen molar-refractivity contribution < 1.29 is 48.2 Å². The number of aliphatic hydroxyl groups excluding tert-OH is 2. The van der Waals surface area contributed by atoms with E-state index >= 15 is 0 Å². The van der Waals surface area contributed by atoms with Crippen LogP contribution < -0.4 is 18.9 Å². The second kappa shape index (κ2) is 21.3. The monoisotopic (exact) mass is 656 g/mol. The smallest absolute Gasteiger partial charge is 0.330 e. The van der Waals surface area contributed by atoms with Gasteiger partial charge < -0.3 is 38.6 Å². The number of carbonyl (C=O) groups excluding carboxylic acids is 2. The first-order valence-corrected chi connectivity index (χ1v) is 15.2. The third kappa shape index (κ3) is 12.0. The van der Waals surface area contributed by atoms with Gasteiger partial charge in [0.1, 0.15) is 62.6 Å². The molecule has 10 heteroatoms. The molecule has 0 amide bonds. The van der Waals surface area contributed by atoms with Crippen molar-refractivity contribution in [3.05, 3.63) is 122 Å². The number of ether oxygens (including phenoxy) is 6. The molecule has 4 aromatic rings. The lowest BCUT2D eigenvalue weighted by Crippen LogP contribution is -2.11. The lowest BCUT2D eigenvalue weighted by atomic mass is 10.0. The number of carbonyl (C=O) groups is 2. The molecular formula is C38H40O10. The first kappa shape index (κ1) is 36.9. The van der Waals surface area contributed by atoms with Crippen molar-refractivity contribution in [3.8, 4) is 45.3 Å². The molecule has 0 aliphatic heterocycles. The van der Waals surface area contributed by atoms with E-state index in [0.29, 0.717) is 23.0 Å². The molecular weight excluding hydrogens is 616 g/mol. The first-order valence-electron chi connectivity index (χ1n) is 15.2. The van der Waals surface area contributed by atoms with E-state index in [0.717, 1.165) is 34.4 Å². The maximum absolute atomic E-state index is 11.1. The number of aliphatic hydroxyl groups is 2. The molecule has 4 rings (SSSR count). The highest BCUT2D eigenvalue weighted by atomic mass is 16.6. The van der Waals surface area contributed by atoms with Crippen molar-refractivity contribution in [1.29, 1.82) is 0 Å². The molecule has 48 heavy (non-hydrogen) atoms. The molecule has 0 unspecified atom stereocenters. The summed E-state index contributed by atoms with van der Waals surface area (Å²) in [5.74, 6) is 1.67. The highest BCUT2D eigenvalue weighted by Crippen LogP contribution is 2.37. The van der Waals surface area contributed by atoms with E-state index in [9.17, 15) is 9.59 Å². The minimum absolute atomic E-state index is 0.0308. The standard InChI is InChI=1S/C22H22O6.C16H18O4/c1-3-21(23)27-15-13-25-19-11-7-5-9-17(19)18-10-6-8-12-20(18)26-14-16-28-22(24)4-2;17-9-11-19-15-7-3-1-5-13(15)14-6-2-4-8-16(14)20-12-10-18/h3-12H,1-2,13-16H2;1-8,17-18H,9-12H2. The van der Waals surface area contributed by atoms with Gasteiger partial charge in [-0.15, -0.1) is 0 Å². The Labute approximate surface area is 280 Å². The average molecular weight is 657 g/mol. The van der Waals surface area contributed by atoms with Crippen LogP contribution in [0.5, 0.6) is 23.0 Å². The molecule has 0 heterocycles. The maximum atomic E-state index is 11.1. The van der Waals surface area contributed by atoms with Gasteiger partial charge in [-0.3, -0.25) is 0 Å². The Balaban J connectivity index is 0.000000275. The summed E-state index contributed by atoms with van der Waals surface area (Å²) in [7, 11) is 0. The fourth-order valence-electron chi connectivity index (χ4n) is 4.28. The van der Waals surface area contributed by atoms with Crippen LogP contribution in [0.15, 0.2) is 122 Å². The number of para-hydroxylation sites is 4. The van der Waals surface area contributed by atoms with Crippen molar-refractivity contribution in [2.45, 2.75) is 0 Å². The number of hydrogen-bond donors (Lipinski definition) is 2. The Kier molecular flexibility index (Phi) is 16.3. The van der Waals surface area contributed by atoms with Gasteiger partial charge in [0.25, 0.3) is 0 Å². The van der Waals surface area contributed by atoms with Gasteiger partial charge in [0.15, 0.2) is 0 Å². The summed E-state index contributed by atoms with van der Waals surface area (Å²) in [6.45, 7) is 7.77. The molecule has 0 saturated carbocycles. The predicted octanol–water partition coefficient (Wildman–Crippen LogP) is 5.67. The van der Waals surface area contributed by atoms with Crippen molar-refractivity contribution in [2.24, 2.45) is 0 Å². The largest absolute Gasteiger partial charge is 0.491 e. The van der Waals surface area contributed by atoms with Gasteiger partial charge in [-0.2, -0.15) is 0 Å². The summed E-state index contributed by atoms with van der Waals surface area (Å²) < 4.78 is 32.5. The van der Waals surface area contributed by atoms with E-state index < -0.39 is 11.9 Å². The topological polar surface area (TPSA) is 130 Å². The molecule has 0 aliphatic rings. The first-order chi connectivity index (χ1) is 23.5. The molecule has 0 fully saturated rings. The molecule has 10 nitrogen and oxygen atoms in total. The van der Waals surface area contributed by atoms with Crippen LogP contribution in [-0.2, 0) is 19.1 Å². The lowest BCUT2D eigenvalue weighted by Gasteiger charge is -2.15. The van der Waals surface area contributed by atoms with Crippen molar-refractivity contribution >= 4 is 11.9 Å². The molecule has 4 aromatic carbocycles. The highest BCUT2D eigenvalue weighted by molar-refractivity contribution is 5.81. The molecule has 0 radical (unpaired) electrons. The van der Waals surface area contributed by atoms with Gasteiger partial charge >= 0.3 is 11.9 Å². The summed E-state index contributed by atoms with van der Waals surface area (Å²) in [6.07, 6.45) is 2.21. The van der Waals surface area contributed by atoms with E-state index in [1.54, 1.807) is 0 Å². The molecule has 0 aromatic heterocycles.